The first-order chi connectivity index (χ1) is 15.7. The molecule has 0 saturated carbocycles. The predicted molar refractivity (Wildman–Crippen MR) is 113 cm³/mol. The van der Waals surface area contributed by atoms with Crippen molar-refractivity contribution in [2.75, 3.05) is 11.4 Å². The van der Waals surface area contributed by atoms with Gasteiger partial charge in [0, 0.05) is 34.1 Å². The van der Waals surface area contributed by atoms with Gasteiger partial charge >= 0.3 is 18.4 Å². The Kier molecular flexibility index (Phi) is 7.15. The third-order valence-electron chi connectivity index (χ3n) is 5.43. The van der Waals surface area contributed by atoms with Crippen molar-refractivity contribution in [1.82, 2.24) is 0 Å². The van der Waals surface area contributed by atoms with Crippen molar-refractivity contribution in [3.8, 4) is 0 Å². The number of hydrogen-bond acceptors (Lipinski definition) is 3. The van der Waals surface area contributed by atoms with E-state index in [4.69, 9.17) is 27.9 Å². The molecule has 1 aliphatic rings. The minimum Gasteiger partial charge on any atom is -0.426 e. The van der Waals surface area contributed by atoms with E-state index in [1.165, 1.54) is 6.07 Å². The number of hydrogen-bond donors (Lipinski definition) is 0. The molecule has 1 fully saturated rings. The Morgan fingerprint density at radius 3 is 2.21 bits per heavy atom. The second-order valence-corrected chi connectivity index (χ2v) is 8.54. The van der Waals surface area contributed by atoms with Crippen LogP contribution < -0.4 is 4.90 Å². The van der Waals surface area contributed by atoms with Crippen LogP contribution in [0.3, 0.4) is 0 Å². The lowest BCUT2D eigenvalue weighted by Crippen LogP contribution is -2.46. The van der Waals surface area contributed by atoms with Crippen LogP contribution in [0.1, 0.15) is 36.5 Å². The van der Waals surface area contributed by atoms with Crippen LogP contribution in [0.2, 0.25) is 10.0 Å². The molecule has 0 bridgehead atoms. The maximum Gasteiger partial charge on any atom is 0.434 e. The molecule has 1 unspecified atom stereocenters. The Hall–Kier alpha value is -2.46. The second kappa shape index (κ2) is 9.30. The van der Waals surface area contributed by atoms with Gasteiger partial charge in [0.1, 0.15) is 5.78 Å². The summed E-state index contributed by atoms with van der Waals surface area (Å²) in [6.45, 7) is 0.423. The largest absolute Gasteiger partial charge is 0.434 e. The molecule has 1 saturated heterocycles. The first-order valence-electron chi connectivity index (χ1n) is 9.93. The van der Waals surface area contributed by atoms with E-state index in [1.807, 2.05) is 0 Å². The zero-order valence-corrected chi connectivity index (χ0v) is 19.0. The zero-order chi connectivity index (χ0) is 25.5. The molecule has 4 nitrogen and oxygen atoms in total. The van der Waals surface area contributed by atoms with E-state index in [-0.39, 0.29) is 40.7 Å². The second-order valence-electron chi connectivity index (χ2n) is 7.67. The van der Waals surface area contributed by atoms with Gasteiger partial charge in [-0.3, -0.25) is 9.69 Å². The van der Waals surface area contributed by atoms with Crippen molar-refractivity contribution in [1.29, 1.82) is 0 Å². The third-order valence-corrected chi connectivity index (χ3v) is 5.86. The van der Waals surface area contributed by atoms with Gasteiger partial charge in [-0.25, -0.2) is 4.79 Å². The Morgan fingerprint density at radius 2 is 1.68 bits per heavy atom. The summed E-state index contributed by atoms with van der Waals surface area (Å²) in [5.74, 6) is -0.240. The van der Waals surface area contributed by atoms with Gasteiger partial charge in [0.25, 0.3) is 5.60 Å². The van der Waals surface area contributed by atoms with Gasteiger partial charge in [-0.1, -0.05) is 36.2 Å². The van der Waals surface area contributed by atoms with Gasteiger partial charge in [-0.15, -0.1) is 0 Å². The Morgan fingerprint density at radius 1 is 1.06 bits per heavy atom. The highest BCUT2D eigenvalue weighted by molar-refractivity contribution is 6.34. The summed E-state index contributed by atoms with van der Waals surface area (Å²) < 4.78 is 88.3. The molecule has 0 aromatic heterocycles. The summed E-state index contributed by atoms with van der Waals surface area (Å²) in [7, 11) is 0. The lowest BCUT2D eigenvalue weighted by atomic mass is 9.92. The number of halogens is 8. The van der Waals surface area contributed by atoms with Crippen LogP contribution in [0.25, 0.3) is 0 Å². The normalized spacial score (nSPS) is 18.9. The Balaban J connectivity index is 2.05. The highest BCUT2D eigenvalue weighted by Gasteiger charge is 2.65. The summed E-state index contributed by atoms with van der Waals surface area (Å²) in [6, 6.07) is 5.73. The smallest absolute Gasteiger partial charge is 0.426 e. The molecule has 0 spiro atoms. The third kappa shape index (κ3) is 5.12. The van der Waals surface area contributed by atoms with E-state index in [2.05, 4.69) is 0 Å². The molecule has 2 aromatic carbocycles. The summed E-state index contributed by atoms with van der Waals surface area (Å²) >= 11 is 11.7. The van der Waals surface area contributed by atoms with Crippen molar-refractivity contribution in [2.24, 2.45) is 0 Å². The minimum atomic E-state index is -5.14. The first kappa shape index (κ1) is 26.2. The lowest BCUT2D eigenvalue weighted by Gasteiger charge is -2.30. The number of Topliss-reactive ketones (excluding diaryl/α,β-unsaturated/α-hetero) is 1. The topological polar surface area (TPSA) is 46.6 Å². The molecule has 0 radical (unpaired) electrons. The van der Waals surface area contributed by atoms with Crippen molar-refractivity contribution in [3.05, 3.63) is 63.1 Å². The molecule has 0 N–H and O–H groups in total. The molecule has 1 heterocycles. The number of aryl methyl sites for hydroxylation is 1. The van der Waals surface area contributed by atoms with E-state index in [1.54, 1.807) is 6.92 Å². The van der Waals surface area contributed by atoms with Gasteiger partial charge in [-0.05, 0) is 42.3 Å². The van der Waals surface area contributed by atoms with E-state index >= 15 is 0 Å². The molecule has 1 atom stereocenters. The molecule has 184 valence electrons. The monoisotopic (exact) mass is 527 g/mol. The highest BCUT2D eigenvalue weighted by atomic mass is 35.5. The maximum absolute atomic E-state index is 14.2. The van der Waals surface area contributed by atoms with Gasteiger partial charge in [0.15, 0.2) is 0 Å². The molecular weight excluding hydrogens is 511 g/mol. The van der Waals surface area contributed by atoms with Crippen LogP contribution in [0.4, 0.5) is 36.8 Å². The van der Waals surface area contributed by atoms with E-state index in [9.17, 15) is 35.9 Å². The Labute approximate surface area is 200 Å². The number of ether oxygens (including phenoxy) is 1. The van der Waals surface area contributed by atoms with Gasteiger partial charge in [-0.2, -0.15) is 26.3 Å². The highest BCUT2D eigenvalue weighted by Crippen LogP contribution is 2.49. The number of carbonyl (C=O) groups excluding carboxylic acids is 2. The van der Waals surface area contributed by atoms with Crippen molar-refractivity contribution in [3.63, 3.8) is 0 Å². The summed E-state index contributed by atoms with van der Waals surface area (Å²) in [5.41, 5.74) is -5.59. The van der Waals surface area contributed by atoms with Crippen molar-refractivity contribution in [2.45, 2.75) is 44.1 Å². The molecule has 12 heteroatoms. The molecule has 2 aromatic rings. The molecule has 1 aliphatic heterocycles. The first-order valence-corrected chi connectivity index (χ1v) is 10.7. The number of nitrogens with zero attached hydrogens (tertiary/aromatic N) is 1. The average Bonchev–Trinajstić information content (AvgIpc) is 3.09. The number of carbonyl (C=O) groups is 2. The lowest BCUT2D eigenvalue weighted by molar-refractivity contribution is -0.250. The SMILES string of the molecule is CCC(=O)CCc1ccc(N2CC(c3cc(Cl)cc(Cl)c3)(C(F)(F)F)OC2=O)cc1C(F)(F)F. The number of cyclic esters (lactones) is 1. The van der Waals surface area contributed by atoms with Crippen LogP contribution in [0.15, 0.2) is 36.4 Å². The number of benzene rings is 2. The summed E-state index contributed by atoms with van der Waals surface area (Å²) in [4.78, 5) is 24.5. The van der Waals surface area contributed by atoms with Crippen LogP contribution in [-0.2, 0) is 27.7 Å². The fraction of sp³-hybridized carbons (Fsp3) is 0.364. The van der Waals surface area contributed by atoms with Crippen molar-refractivity contribution < 1.29 is 40.7 Å². The maximum atomic E-state index is 14.2. The van der Waals surface area contributed by atoms with Crippen LogP contribution in [0, 0.1) is 0 Å². The van der Waals surface area contributed by atoms with Gasteiger partial charge < -0.3 is 4.74 Å². The van der Waals surface area contributed by atoms with Crippen LogP contribution in [0.5, 0.6) is 0 Å². The Bertz CT molecular complexity index is 1100. The van der Waals surface area contributed by atoms with E-state index in [0.717, 1.165) is 24.3 Å². The van der Waals surface area contributed by atoms with Crippen molar-refractivity contribution >= 4 is 40.8 Å². The van der Waals surface area contributed by atoms with E-state index < -0.39 is 47.4 Å². The number of anilines is 1. The number of rotatable bonds is 6. The molecular formula is C22H17Cl2F6NO3. The average molecular weight is 528 g/mol. The van der Waals surface area contributed by atoms with Gasteiger partial charge in [0.2, 0.25) is 0 Å². The molecule has 0 aliphatic carbocycles. The van der Waals surface area contributed by atoms with E-state index in [0.29, 0.717) is 11.0 Å². The quantitative estimate of drug-likeness (QED) is 0.369. The summed E-state index contributed by atoms with van der Waals surface area (Å²) in [5, 5.41) is -0.295. The van der Waals surface area contributed by atoms with Crippen LogP contribution in [-0.4, -0.2) is 24.6 Å². The fourth-order valence-electron chi connectivity index (χ4n) is 3.63. The molecule has 3 rings (SSSR count). The molecule has 34 heavy (non-hydrogen) atoms. The fourth-order valence-corrected chi connectivity index (χ4v) is 4.16. The zero-order valence-electron chi connectivity index (χ0n) is 17.5. The number of alkyl halides is 6. The molecule has 1 amide bonds. The minimum absolute atomic E-state index is 0.128. The van der Waals surface area contributed by atoms with Crippen LogP contribution >= 0.6 is 23.2 Å². The van der Waals surface area contributed by atoms with Gasteiger partial charge in [0.05, 0.1) is 12.1 Å². The summed E-state index contributed by atoms with van der Waals surface area (Å²) in [6.07, 6.45) is -11.7. The standard InChI is InChI=1S/C22H17Cl2F6NO3/c1-2-17(32)6-4-12-3-5-16(10-18(12)21(25,26)27)31-11-20(22(28,29)30,34-19(31)33)13-7-14(23)9-15(24)8-13/h3,5,7-10H,2,4,6,11H2,1H3. The predicted octanol–water partition coefficient (Wildman–Crippen LogP) is 7.34. The number of amides is 1. The number of ketones is 1.